The number of nitrogens with two attached hydrogens (primary N) is 1. The Bertz CT molecular complexity index is 369. The second kappa shape index (κ2) is 4.27. The molecular formula is C10H12FNO3. The monoisotopic (exact) mass is 213 g/mol. The molecule has 0 aliphatic rings. The molecule has 0 aliphatic carbocycles. The van der Waals surface area contributed by atoms with Crippen molar-refractivity contribution in [3.8, 4) is 5.75 Å². The third kappa shape index (κ3) is 2.66. The number of aromatic hydroxyl groups is 1. The average molecular weight is 213 g/mol. The number of phenols is 1. The Kier molecular flexibility index (Phi) is 3.26. The minimum Gasteiger partial charge on any atom is -0.505 e. The summed E-state index contributed by atoms with van der Waals surface area (Å²) in [4.78, 5) is 10.5. The van der Waals surface area contributed by atoms with Gasteiger partial charge in [0.15, 0.2) is 11.6 Å². The van der Waals surface area contributed by atoms with Crippen LogP contribution in [0.15, 0.2) is 12.1 Å². The van der Waals surface area contributed by atoms with Gasteiger partial charge >= 0.3 is 5.97 Å². The number of hydrogen-bond acceptors (Lipinski definition) is 3. The van der Waals surface area contributed by atoms with Crippen LogP contribution < -0.4 is 5.73 Å². The zero-order valence-electron chi connectivity index (χ0n) is 8.20. The van der Waals surface area contributed by atoms with Crippen LogP contribution in [0.5, 0.6) is 5.75 Å². The summed E-state index contributed by atoms with van der Waals surface area (Å²) in [7, 11) is 0. The second-order valence-electron chi connectivity index (χ2n) is 3.39. The summed E-state index contributed by atoms with van der Waals surface area (Å²) < 4.78 is 13.0. The Morgan fingerprint density at radius 2 is 2.20 bits per heavy atom. The van der Waals surface area contributed by atoms with Gasteiger partial charge in [0.05, 0.1) is 0 Å². The Hall–Kier alpha value is -1.62. The van der Waals surface area contributed by atoms with E-state index in [-0.39, 0.29) is 12.0 Å². The lowest BCUT2D eigenvalue weighted by molar-refractivity contribution is -0.138. The van der Waals surface area contributed by atoms with Crippen molar-refractivity contribution in [3.63, 3.8) is 0 Å². The molecule has 0 heterocycles. The minimum atomic E-state index is -1.13. The van der Waals surface area contributed by atoms with Gasteiger partial charge in [0.25, 0.3) is 0 Å². The molecule has 0 radical (unpaired) electrons. The SMILES string of the molecule is Cc1cc(CC(N)C(=O)O)cc(O)c1F. The number of benzene rings is 1. The molecule has 0 fully saturated rings. The van der Waals surface area contributed by atoms with Crippen LogP contribution in [0.2, 0.25) is 0 Å². The lowest BCUT2D eigenvalue weighted by Gasteiger charge is -2.08. The van der Waals surface area contributed by atoms with Crippen LogP contribution in [0, 0.1) is 12.7 Å². The van der Waals surface area contributed by atoms with Crippen LogP contribution in [-0.2, 0) is 11.2 Å². The van der Waals surface area contributed by atoms with Gasteiger partial charge in [-0.25, -0.2) is 4.39 Å². The number of hydrogen-bond donors (Lipinski definition) is 3. The topological polar surface area (TPSA) is 83.6 Å². The smallest absolute Gasteiger partial charge is 0.320 e. The Labute approximate surface area is 86.1 Å². The van der Waals surface area contributed by atoms with Crippen LogP contribution in [-0.4, -0.2) is 22.2 Å². The van der Waals surface area contributed by atoms with E-state index in [0.717, 1.165) is 0 Å². The molecule has 4 N–H and O–H groups in total. The zero-order valence-corrected chi connectivity index (χ0v) is 8.20. The molecule has 0 saturated heterocycles. The fourth-order valence-electron chi connectivity index (χ4n) is 1.28. The normalized spacial score (nSPS) is 12.5. The largest absolute Gasteiger partial charge is 0.505 e. The Balaban J connectivity index is 2.92. The van der Waals surface area contributed by atoms with Crippen molar-refractivity contribution in [2.45, 2.75) is 19.4 Å². The number of carbonyl (C=O) groups is 1. The number of carboxylic acid groups (broad SMARTS) is 1. The van der Waals surface area contributed by atoms with E-state index in [1.165, 1.54) is 19.1 Å². The average Bonchev–Trinajstić information content (AvgIpc) is 2.13. The quantitative estimate of drug-likeness (QED) is 0.693. The van der Waals surface area contributed by atoms with Gasteiger partial charge in [-0.1, -0.05) is 6.07 Å². The summed E-state index contributed by atoms with van der Waals surface area (Å²) >= 11 is 0. The predicted molar refractivity (Wildman–Crippen MR) is 52.1 cm³/mol. The molecule has 0 aromatic heterocycles. The van der Waals surface area contributed by atoms with Gasteiger partial charge < -0.3 is 15.9 Å². The lowest BCUT2D eigenvalue weighted by Crippen LogP contribution is -2.32. The maximum absolute atomic E-state index is 13.0. The van der Waals surface area contributed by atoms with Crippen molar-refractivity contribution in [2.24, 2.45) is 5.73 Å². The number of rotatable bonds is 3. The third-order valence-corrected chi connectivity index (χ3v) is 2.07. The van der Waals surface area contributed by atoms with Gasteiger partial charge in [-0.3, -0.25) is 4.79 Å². The van der Waals surface area contributed by atoms with E-state index in [9.17, 15) is 9.18 Å². The van der Waals surface area contributed by atoms with Crippen LogP contribution >= 0.6 is 0 Å². The molecule has 0 aliphatic heterocycles. The van der Waals surface area contributed by atoms with E-state index in [1.807, 2.05) is 0 Å². The maximum atomic E-state index is 13.0. The fourth-order valence-corrected chi connectivity index (χ4v) is 1.28. The first kappa shape index (κ1) is 11.5. The minimum absolute atomic E-state index is 0.0595. The zero-order chi connectivity index (χ0) is 11.6. The van der Waals surface area contributed by atoms with Gasteiger partial charge in [0.2, 0.25) is 0 Å². The molecule has 1 rings (SSSR count). The highest BCUT2D eigenvalue weighted by molar-refractivity contribution is 5.73. The van der Waals surface area contributed by atoms with E-state index in [1.54, 1.807) is 0 Å². The number of aryl methyl sites for hydroxylation is 1. The van der Waals surface area contributed by atoms with Crippen molar-refractivity contribution in [3.05, 3.63) is 29.1 Å². The first-order valence-electron chi connectivity index (χ1n) is 4.38. The fraction of sp³-hybridized carbons (Fsp3) is 0.300. The molecule has 1 aromatic rings. The highest BCUT2D eigenvalue weighted by Crippen LogP contribution is 2.21. The van der Waals surface area contributed by atoms with Crippen molar-refractivity contribution < 1.29 is 19.4 Å². The number of aliphatic carboxylic acids is 1. The van der Waals surface area contributed by atoms with Crippen molar-refractivity contribution in [1.82, 2.24) is 0 Å². The number of phenolic OH excluding ortho intramolecular Hbond substituents is 1. The highest BCUT2D eigenvalue weighted by atomic mass is 19.1. The van der Waals surface area contributed by atoms with Gasteiger partial charge in [-0.15, -0.1) is 0 Å². The first-order chi connectivity index (χ1) is 6.91. The maximum Gasteiger partial charge on any atom is 0.320 e. The molecule has 15 heavy (non-hydrogen) atoms. The molecule has 1 aromatic carbocycles. The molecule has 4 nitrogen and oxygen atoms in total. The van der Waals surface area contributed by atoms with Crippen molar-refractivity contribution in [1.29, 1.82) is 0 Å². The van der Waals surface area contributed by atoms with E-state index in [0.29, 0.717) is 5.56 Å². The Morgan fingerprint density at radius 1 is 1.60 bits per heavy atom. The summed E-state index contributed by atoms with van der Waals surface area (Å²) in [6, 6.07) is 1.61. The highest BCUT2D eigenvalue weighted by Gasteiger charge is 2.14. The molecule has 5 heteroatoms. The first-order valence-corrected chi connectivity index (χ1v) is 4.38. The molecule has 0 spiro atoms. The summed E-state index contributed by atoms with van der Waals surface area (Å²) in [6.45, 7) is 1.49. The van der Waals surface area contributed by atoms with Crippen molar-refractivity contribution >= 4 is 5.97 Å². The number of carboxylic acids is 1. The molecule has 0 saturated carbocycles. The molecule has 1 atom stereocenters. The van der Waals surface area contributed by atoms with E-state index in [2.05, 4.69) is 0 Å². The molecule has 0 bridgehead atoms. The molecule has 1 unspecified atom stereocenters. The Morgan fingerprint density at radius 3 is 2.67 bits per heavy atom. The predicted octanol–water partition coefficient (Wildman–Crippen LogP) is 0.794. The summed E-state index contributed by atoms with van der Waals surface area (Å²) in [6.07, 6.45) is 0.0595. The molecular weight excluding hydrogens is 201 g/mol. The van der Waals surface area contributed by atoms with Gasteiger partial charge in [0, 0.05) is 0 Å². The number of halogens is 1. The second-order valence-corrected chi connectivity index (χ2v) is 3.39. The lowest BCUT2D eigenvalue weighted by atomic mass is 10.0. The molecule has 0 amide bonds. The summed E-state index contributed by atoms with van der Waals surface area (Å²) in [5, 5.41) is 17.7. The van der Waals surface area contributed by atoms with E-state index in [4.69, 9.17) is 15.9 Å². The summed E-state index contributed by atoms with van der Waals surface area (Å²) in [5.41, 5.74) is 6.08. The van der Waals surface area contributed by atoms with E-state index < -0.39 is 23.6 Å². The van der Waals surface area contributed by atoms with Gasteiger partial charge in [-0.2, -0.15) is 0 Å². The van der Waals surface area contributed by atoms with Crippen LogP contribution in [0.1, 0.15) is 11.1 Å². The van der Waals surface area contributed by atoms with Gasteiger partial charge in [0.1, 0.15) is 6.04 Å². The summed E-state index contributed by atoms with van der Waals surface area (Å²) in [5.74, 6) is -2.30. The van der Waals surface area contributed by atoms with Crippen molar-refractivity contribution in [2.75, 3.05) is 0 Å². The third-order valence-electron chi connectivity index (χ3n) is 2.07. The standard InChI is InChI=1S/C10H12FNO3/c1-5-2-6(3-7(12)10(14)15)4-8(13)9(5)11/h2,4,7,13H,3,12H2,1H3,(H,14,15). The van der Waals surface area contributed by atoms with Crippen LogP contribution in [0.3, 0.4) is 0 Å². The van der Waals surface area contributed by atoms with Gasteiger partial charge in [-0.05, 0) is 30.5 Å². The van der Waals surface area contributed by atoms with E-state index >= 15 is 0 Å². The van der Waals surface area contributed by atoms with Crippen LogP contribution in [0.25, 0.3) is 0 Å². The molecule has 82 valence electrons. The van der Waals surface area contributed by atoms with Crippen LogP contribution in [0.4, 0.5) is 4.39 Å².